The molecule has 0 aliphatic carbocycles. The van der Waals surface area contributed by atoms with Gasteiger partial charge in [0.2, 0.25) is 5.91 Å². The SMILES string of the molecule is Cc1ccc(C(C#N)CC(=O)NCc2ccco2)cc1. The van der Waals surface area contributed by atoms with E-state index in [1.54, 1.807) is 18.4 Å². The van der Waals surface area contributed by atoms with Crippen LogP contribution in [0.4, 0.5) is 0 Å². The summed E-state index contributed by atoms with van der Waals surface area (Å²) in [7, 11) is 0. The highest BCUT2D eigenvalue weighted by atomic mass is 16.3. The standard InChI is InChI=1S/C16H16N2O2/c1-12-4-6-13(7-5-12)14(10-17)9-16(19)18-11-15-3-2-8-20-15/h2-8,14H,9,11H2,1H3,(H,18,19). The normalized spacial score (nSPS) is 11.6. The van der Waals surface area contributed by atoms with Crippen LogP contribution in [0.15, 0.2) is 47.1 Å². The summed E-state index contributed by atoms with van der Waals surface area (Å²) >= 11 is 0. The number of nitrogens with one attached hydrogen (secondary N) is 1. The van der Waals surface area contributed by atoms with E-state index in [1.165, 1.54) is 0 Å². The fourth-order valence-electron chi connectivity index (χ4n) is 1.89. The lowest BCUT2D eigenvalue weighted by Crippen LogP contribution is -2.24. The van der Waals surface area contributed by atoms with E-state index in [-0.39, 0.29) is 12.3 Å². The maximum atomic E-state index is 11.8. The highest BCUT2D eigenvalue weighted by molar-refractivity contribution is 5.77. The number of nitriles is 1. The topological polar surface area (TPSA) is 66.0 Å². The summed E-state index contributed by atoms with van der Waals surface area (Å²) in [5, 5.41) is 11.9. The van der Waals surface area contributed by atoms with Gasteiger partial charge in [0, 0.05) is 6.42 Å². The molecule has 20 heavy (non-hydrogen) atoms. The highest BCUT2D eigenvalue weighted by Gasteiger charge is 2.15. The number of benzene rings is 1. The Bertz CT molecular complexity index is 594. The van der Waals surface area contributed by atoms with Crippen molar-refractivity contribution in [3.05, 3.63) is 59.5 Å². The number of furan rings is 1. The van der Waals surface area contributed by atoms with Crippen molar-refractivity contribution >= 4 is 5.91 Å². The maximum absolute atomic E-state index is 11.8. The molecule has 1 N–H and O–H groups in total. The van der Waals surface area contributed by atoms with E-state index in [0.717, 1.165) is 11.1 Å². The van der Waals surface area contributed by atoms with Crippen molar-refractivity contribution in [1.82, 2.24) is 5.32 Å². The number of nitrogens with zero attached hydrogens (tertiary/aromatic N) is 1. The molecule has 0 fully saturated rings. The molecule has 4 nitrogen and oxygen atoms in total. The molecular formula is C16H16N2O2. The molecule has 1 amide bonds. The van der Waals surface area contributed by atoms with E-state index in [9.17, 15) is 10.1 Å². The summed E-state index contributed by atoms with van der Waals surface area (Å²) in [6.45, 7) is 2.33. The molecule has 1 aromatic heterocycles. The Balaban J connectivity index is 1.91. The fraction of sp³-hybridized carbons (Fsp3) is 0.250. The minimum absolute atomic E-state index is 0.153. The largest absolute Gasteiger partial charge is 0.467 e. The Hall–Kier alpha value is -2.54. The Kier molecular flexibility index (Phi) is 4.56. The van der Waals surface area contributed by atoms with Gasteiger partial charge in [-0.05, 0) is 24.6 Å². The van der Waals surface area contributed by atoms with Crippen LogP contribution in [0.25, 0.3) is 0 Å². The van der Waals surface area contributed by atoms with Crippen LogP contribution in [0.2, 0.25) is 0 Å². The number of carbonyl (C=O) groups excluding carboxylic acids is 1. The van der Waals surface area contributed by atoms with E-state index in [2.05, 4.69) is 11.4 Å². The first-order valence-electron chi connectivity index (χ1n) is 6.44. The number of hydrogen-bond donors (Lipinski definition) is 1. The van der Waals surface area contributed by atoms with Gasteiger partial charge in [-0.2, -0.15) is 5.26 Å². The van der Waals surface area contributed by atoms with Crippen LogP contribution < -0.4 is 5.32 Å². The van der Waals surface area contributed by atoms with E-state index >= 15 is 0 Å². The Morgan fingerprint density at radius 1 is 1.35 bits per heavy atom. The number of hydrogen-bond acceptors (Lipinski definition) is 3. The van der Waals surface area contributed by atoms with Gasteiger partial charge >= 0.3 is 0 Å². The van der Waals surface area contributed by atoms with Crippen molar-refractivity contribution in [3.63, 3.8) is 0 Å². The van der Waals surface area contributed by atoms with E-state index in [0.29, 0.717) is 12.3 Å². The first-order chi connectivity index (χ1) is 9.69. The molecule has 102 valence electrons. The molecule has 1 aromatic carbocycles. The predicted octanol–water partition coefficient (Wildman–Crippen LogP) is 2.90. The second-order valence-corrected chi connectivity index (χ2v) is 4.65. The van der Waals surface area contributed by atoms with Crippen LogP contribution in [-0.4, -0.2) is 5.91 Å². The molecule has 0 aliphatic rings. The zero-order valence-corrected chi connectivity index (χ0v) is 11.3. The second-order valence-electron chi connectivity index (χ2n) is 4.65. The van der Waals surface area contributed by atoms with Gasteiger partial charge in [0.1, 0.15) is 5.76 Å². The van der Waals surface area contributed by atoms with Gasteiger partial charge in [-0.3, -0.25) is 4.79 Å². The quantitative estimate of drug-likeness (QED) is 0.906. The zero-order chi connectivity index (χ0) is 14.4. The first kappa shape index (κ1) is 13.9. The minimum atomic E-state index is -0.424. The molecule has 1 heterocycles. The summed E-state index contributed by atoms with van der Waals surface area (Å²) in [6.07, 6.45) is 1.71. The van der Waals surface area contributed by atoms with Gasteiger partial charge < -0.3 is 9.73 Å². The monoisotopic (exact) mass is 268 g/mol. The van der Waals surface area contributed by atoms with Crippen LogP contribution in [-0.2, 0) is 11.3 Å². The average Bonchev–Trinajstić information content (AvgIpc) is 2.97. The smallest absolute Gasteiger partial charge is 0.222 e. The summed E-state index contributed by atoms with van der Waals surface area (Å²) in [5.74, 6) is 0.114. The lowest BCUT2D eigenvalue weighted by molar-refractivity contribution is -0.121. The van der Waals surface area contributed by atoms with E-state index in [1.807, 2.05) is 31.2 Å². The summed E-state index contributed by atoms with van der Waals surface area (Å²) in [5.41, 5.74) is 2.00. The van der Waals surface area contributed by atoms with Crippen molar-refractivity contribution in [2.75, 3.05) is 0 Å². The Morgan fingerprint density at radius 2 is 2.10 bits per heavy atom. The highest BCUT2D eigenvalue weighted by Crippen LogP contribution is 2.19. The molecular weight excluding hydrogens is 252 g/mol. The lowest BCUT2D eigenvalue weighted by atomic mass is 9.96. The van der Waals surface area contributed by atoms with Crippen molar-refractivity contribution in [1.29, 1.82) is 5.26 Å². The minimum Gasteiger partial charge on any atom is -0.467 e. The second kappa shape index (κ2) is 6.58. The van der Waals surface area contributed by atoms with Crippen LogP contribution in [0, 0.1) is 18.3 Å². The third-order valence-electron chi connectivity index (χ3n) is 3.06. The molecule has 0 aliphatic heterocycles. The predicted molar refractivity (Wildman–Crippen MR) is 74.7 cm³/mol. The zero-order valence-electron chi connectivity index (χ0n) is 11.3. The molecule has 0 saturated heterocycles. The van der Waals surface area contributed by atoms with Crippen molar-refractivity contribution in [2.45, 2.75) is 25.8 Å². The third-order valence-corrected chi connectivity index (χ3v) is 3.06. The first-order valence-corrected chi connectivity index (χ1v) is 6.44. The van der Waals surface area contributed by atoms with Gasteiger partial charge in [-0.25, -0.2) is 0 Å². The Labute approximate surface area is 118 Å². The molecule has 4 heteroatoms. The Morgan fingerprint density at radius 3 is 2.70 bits per heavy atom. The molecule has 0 radical (unpaired) electrons. The van der Waals surface area contributed by atoms with Gasteiger partial charge in [-0.1, -0.05) is 29.8 Å². The summed E-state index contributed by atoms with van der Waals surface area (Å²) < 4.78 is 5.13. The van der Waals surface area contributed by atoms with Gasteiger partial charge in [0.05, 0.1) is 24.8 Å². The number of carbonyl (C=O) groups is 1. The third kappa shape index (κ3) is 3.72. The van der Waals surface area contributed by atoms with Crippen LogP contribution in [0.1, 0.15) is 29.2 Å². The van der Waals surface area contributed by atoms with E-state index < -0.39 is 5.92 Å². The van der Waals surface area contributed by atoms with Crippen molar-refractivity contribution in [3.8, 4) is 6.07 Å². The van der Waals surface area contributed by atoms with Crippen LogP contribution >= 0.6 is 0 Å². The van der Waals surface area contributed by atoms with Gasteiger partial charge in [0.15, 0.2) is 0 Å². The maximum Gasteiger partial charge on any atom is 0.222 e. The lowest BCUT2D eigenvalue weighted by Gasteiger charge is -2.09. The van der Waals surface area contributed by atoms with Gasteiger partial charge in [0.25, 0.3) is 0 Å². The number of rotatable bonds is 5. The molecule has 0 bridgehead atoms. The van der Waals surface area contributed by atoms with E-state index in [4.69, 9.17) is 4.42 Å². The van der Waals surface area contributed by atoms with Crippen LogP contribution in [0.3, 0.4) is 0 Å². The summed E-state index contributed by atoms with van der Waals surface area (Å²) in [6, 6.07) is 13.4. The van der Waals surface area contributed by atoms with Crippen molar-refractivity contribution in [2.24, 2.45) is 0 Å². The fourth-order valence-corrected chi connectivity index (χ4v) is 1.89. The van der Waals surface area contributed by atoms with Gasteiger partial charge in [-0.15, -0.1) is 0 Å². The molecule has 1 unspecified atom stereocenters. The number of aryl methyl sites for hydroxylation is 1. The molecule has 2 rings (SSSR count). The number of amides is 1. The molecule has 0 spiro atoms. The molecule has 0 saturated carbocycles. The summed E-state index contributed by atoms with van der Waals surface area (Å²) in [4.78, 5) is 11.8. The average molecular weight is 268 g/mol. The molecule has 1 atom stereocenters. The van der Waals surface area contributed by atoms with Crippen LogP contribution in [0.5, 0.6) is 0 Å². The van der Waals surface area contributed by atoms with Crippen molar-refractivity contribution < 1.29 is 9.21 Å². The molecule has 2 aromatic rings.